The zero-order valence-electron chi connectivity index (χ0n) is 9.61. The number of hydrogen-bond donors (Lipinski definition) is 1. The molecule has 0 fully saturated rings. The van der Waals surface area contributed by atoms with Gasteiger partial charge in [-0.3, -0.25) is 9.78 Å². The Morgan fingerprint density at radius 1 is 1.11 bits per heavy atom. The number of pyridine rings is 1. The molecule has 1 amide bonds. The first-order valence-corrected chi connectivity index (χ1v) is 5.31. The van der Waals surface area contributed by atoms with E-state index in [1.54, 1.807) is 0 Å². The van der Waals surface area contributed by atoms with Crippen molar-refractivity contribution in [2.45, 2.75) is 6.18 Å². The molecule has 3 nitrogen and oxygen atoms in total. The number of nitrogens with zero attached hydrogens (tertiary/aromatic N) is 1. The first-order chi connectivity index (χ1) is 8.88. The molecule has 0 aliphatic carbocycles. The number of amides is 1. The monoisotopic (exact) mass is 266 g/mol. The Hall–Kier alpha value is -2.37. The van der Waals surface area contributed by atoms with E-state index in [2.05, 4.69) is 4.98 Å². The van der Waals surface area contributed by atoms with Crippen LogP contribution in [0.25, 0.3) is 11.3 Å². The van der Waals surface area contributed by atoms with Crippen LogP contribution in [0.4, 0.5) is 13.2 Å². The summed E-state index contributed by atoms with van der Waals surface area (Å²) in [6, 6.07) is 7.41. The number of halogens is 3. The van der Waals surface area contributed by atoms with E-state index in [1.807, 2.05) is 0 Å². The summed E-state index contributed by atoms with van der Waals surface area (Å²) in [5.74, 6) is -0.615. The third-order valence-corrected chi connectivity index (χ3v) is 2.55. The molecule has 0 aliphatic rings. The SMILES string of the molecule is NC(=O)c1ccnc(-c2ccc(C(F)(F)F)cc2)c1. The Labute approximate surface area is 106 Å². The molecule has 0 spiro atoms. The highest BCUT2D eigenvalue weighted by atomic mass is 19.4. The molecule has 2 N–H and O–H groups in total. The van der Waals surface area contributed by atoms with Gasteiger partial charge in [-0.25, -0.2) is 0 Å². The maximum atomic E-state index is 12.4. The molecule has 0 radical (unpaired) electrons. The lowest BCUT2D eigenvalue weighted by molar-refractivity contribution is -0.137. The number of benzene rings is 1. The number of hydrogen-bond acceptors (Lipinski definition) is 2. The van der Waals surface area contributed by atoms with Crippen molar-refractivity contribution >= 4 is 5.91 Å². The molecule has 1 aromatic carbocycles. The van der Waals surface area contributed by atoms with Gasteiger partial charge in [-0.1, -0.05) is 12.1 Å². The van der Waals surface area contributed by atoms with Crippen molar-refractivity contribution in [1.29, 1.82) is 0 Å². The van der Waals surface area contributed by atoms with Gasteiger partial charge in [0.15, 0.2) is 0 Å². The standard InChI is InChI=1S/C13H9F3N2O/c14-13(15,16)10-3-1-8(2-4-10)11-7-9(12(17)19)5-6-18-11/h1-7H,(H2,17,19). The van der Waals surface area contributed by atoms with Crippen LogP contribution in [0.3, 0.4) is 0 Å². The molecule has 6 heteroatoms. The Morgan fingerprint density at radius 2 is 1.74 bits per heavy atom. The molecule has 0 unspecified atom stereocenters. The average molecular weight is 266 g/mol. The molecule has 2 aromatic rings. The molecule has 98 valence electrons. The van der Waals surface area contributed by atoms with Gasteiger partial charge in [0.25, 0.3) is 0 Å². The zero-order chi connectivity index (χ0) is 14.0. The first kappa shape index (κ1) is 13.1. The lowest BCUT2D eigenvalue weighted by atomic mass is 10.1. The van der Waals surface area contributed by atoms with E-state index in [0.29, 0.717) is 11.3 Å². The Kier molecular flexibility index (Phi) is 3.25. The van der Waals surface area contributed by atoms with Gasteiger partial charge in [-0.2, -0.15) is 13.2 Å². The minimum Gasteiger partial charge on any atom is -0.366 e. The lowest BCUT2D eigenvalue weighted by Gasteiger charge is -2.07. The minimum atomic E-state index is -4.37. The Bertz CT molecular complexity index is 606. The van der Waals surface area contributed by atoms with Gasteiger partial charge in [-0.15, -0.1) is 0 Å². The zero-order valence-corrected chi connectivity index (χ0v) is 9.61. The van der Waals surface area contributed by atoms with E-state index >= 15 is 0 Å². The summed E-state index contributed by atoms with van der Waals surface area (Å²) >= 11 is 0. The predicted octanol–water partition coefficient (Wildman–Crippen LogP) is 2.87. The van der Waals surface area contributed by atoms with Gasteiger partial charge in [-0.05, 0) is 24.3 Å². The summed E-state index contributed by atoms with van der Waals surface area (Å²) in [4.78, 5) is 15.0. The summed E-state index contributed by atoms with van der Waals surface area (Å²) in [7, 11) is 0. The van der Waals surface area contributed by atoms with Crippen LogP contribution in [0.15, 0.2) is 42.6 Å². The van der Waals surface area contributed by atoms with E-state index in [0.717, 1.165) is 12.1 Å². The Morgan fingerprint density at radius 3 is 2.26 bits per heavy atom. The highest BCUT2D eigenvalue weighted by Gasteiger charge is 2.29. The van der Waals surface area contributed by atoms with Crippen LogP contribution in [0.5, 0.6) is 0 Å². The molecule has 0 atom stereocenters. The van der Waals surface area contributed by atoms with Crippen molar-refractivity contribution < 1.29 is 18.0 Å². The smallest absolute Gasteiger partial charge is 0.366 e. The third kappa shape index (κ3) is 2.90. The van der Waals surface area contributed by atoms with Crippen LogP contribution in [-0.4, -0.2) is 10.9 Å². The number of alkyl halides is 3. The van der Waals surface area contributed by atoms with E-state index in [9.17, 15) is 18.0 Å². The van der Waals surface area contributed by atoms with Gasteiger partial charge >= 0.3 is 6.18 Å². The van der Waals surface area contributed by atoms with Gasteiger partial charge in [0.05, 0.1) is 11.3 Å². The first-order valence-electron chi connectivity index (χ1n) is 5.31. The Balaban J connectivity index is 2.37. The quantitative estimate of drug-likeness (QED) is 0.908. The van der Waals surface area contributed by atoms with Gasteiger partial charge in [0.1, 0.15) is 0 Å². The molecule has 2 rings (SSSR count). The highest BCUT2D eigenvalue weighted by Crippen LogP contribution is 2.30. The number of nitrogens with two attached hydrogens (primary N) is 1. The molecule has 1 heterocycles. The number of aromatic nitrogens is 1. The fraction of sp³-hybridized carbons (Fsp3) is 0.0769. The number of rotatable bonds is 2. The molecule has 0 saturated carbocycles. The molecular formula is C13H9F3N2O. The van der Waals surface area contributed by atoms with Crippen LogP contribution in [0, 0.1) is 0 Å². The second kappa shape index (κ2) is 4.72. The van der Waals surface area contributed by atoms with Crippen LogP contribution >= 0.6 is 0 Å². The van der Waals surface area contributed by atoms with Crippen molar-refractivity contribution in [2.24, 2.45) is 5.73 Å². The minimum absolute atomic E-state index is 0.255. The second-order valence-electron chi connectivity index (χ2n) is 3.87. The summed E-state index contributed by atoms with van der Waals surface area (Å²) in [6.07, 6.45) is -2.99. The van der Waals surface area contributed by atoms with Gasteiger partial charge in [0.2, 0.25) is 5.91 Å². The molecule has 1 aromatic heterocycles. The maximum absolute atomic E-state index is 12.4. The number of carbonyl (C=O) groups is 1. The molecule has 0 bridgehead atoms. The van der Waals surface area contributed by atoms with Crippen molar-refractivity contribution in [1.82, 2.24) is 4.98 Å². The summed E-state index contributed by atoms with van der Waals surface area (Å²) in [5, 5.41) is 0. The van der Waals surface area contributed by atoms with E-state index in [4.69, 9.17) is 5.73 Å². The molecule has 0 saturated heterocycles. The van der Waals surface area contributed by atoms with Crippen molar-refractivity contribution in [2.75, 3.05) is 0 Å². The fourth-order valence-corrected chi connectivity index (χ4v) is 1.57. The van der Waals surface area contributed by atoms with Crippen molar-refractivity contribution in [3.63, 3.8) is 0 Å². The largest absolute Gasteiger partial charge is 0.416 e. The molecule has 0 aliphatic heterocycles. The molecular weight excluding hydrogens is 257 g/mol. The van der Waals surface area contributed by atoms with Crippen LogP contribution in [0.1, 0.15) is 15.9 Å². The normalized spacial score (nSPS) is 11.3. The van der Waals surface area contributed by atoms with E-state index in [1.165, 1.54) is 30.5 Å². The third-order valence-electron chi connectivity index (χ3n) is 2.55. The highest BCUT2D eigenvalue weighted by molar-refractivity contribution is 5.93. The fourth-order valence-electron chi connectivity index (χ4n) is 1.57. The van der Waals surface area contributed by atoms with E-state index in [-0.39, 0.29) is 5.56 Å². The van der Waals surface area contributed by atoms with Gasteiger partial charge in [0, 0.05) is 17.3 Å². The number of primary amides is 1. The number of carbonyl (C=O) groups excluding carboxylic acids is 1. The summed E-state index contributed by atoms with van der Waals surface area (Å²) < 4.78 is 37.2. The predicted molar refractivity (Wildman–Crippen MR) is 63.2 cm³/mol. The molecule has 19 heavy (non-hydrogen) atoms. The van der Waals surface area contributed by atoms with Crippen molar-refractivity contribution in [3.8, 4) is 11.3 Å². The lowest BCUT2D eigenvalue weighted by Crippen LogP contribution is -2.11. The topological polar surface area (TPSA) is 56.0 Å². The summed E-state index contributed by atoms with van der Waals surface area (Å²) in [5.41, 5.74) is 5.52. The van der Waals surface area contributed by atoms with Crippen molar-refractivity contribution in [3.05, 3.63) is 53.7 Å². The van der Waals surface area contributed by atoms with Crippen LogP contribution in [-0.2, 0) is 6.18 Å². The van der Waals surface area contributed by atoms with E-state index < -0.39 is 17.6 Å². The van der Waals surface area contributed by atoms with Crippen LogP contribution in [0.2, 0.25) is 0 Å². The summed E-state index contributed by atoms with van der Waals surface area (Å²) in [6.45, 7) is 0. The van der Waals surface area contributed by atoms with Gasteiger partial charge < -0.3 is 5.73 Å². The maximum Gasteiger partial charge on any atom is 0.416 e. The van der Waals surface area contributed by atoms with Crippen LogP contribution < -0.4 is 5.73 Å². The average Bonchev–Trinajstić information content (AvgIpc) is 2.38. The second-order valence-corrected chi connectivity index (χ2v) is 3.87.